The fourth-order valence-corrected chi connectivity index (χ4v) is 4.24. The number of amides is 2. The Morgan fingerprint density at radius 2 is 1.89 bits per heavy atom. The molecule has 0 atom stereocenters. The number of nitrogens with zero attached hydrogens (tertiary/aromatic N) is 2. The SMILES string of the molecule is CCOC(=O)COc1ccc(C(=O)N2CC(=O)N(CCNS(C)(=O)=O)Cc3ccccc32)c(Cl)c1. The molecule has 35 heavy (non-hydrogen) atoms. The van der Waals surface area contributed by atoms with Crippen LogP contribution < -0.4 is 14.4 Å². The van der Waals surface area contributed by atoms with Crippen molar-refractivity contribution < 1.29 is 32.3 Å². The number of benzene rings is 2. The molecule has 1 aliphatic rings. The molecule has 1 aliphatic heterocycles. The first-order valence-corrected chi connectivity index (χ1v) is 13.1. The Balaban J connectivity index is 1.80. The summed E-state index contributed by atoms with van der Waals surface area (Å²) in [7, 11) is -3.40. The van der Waals surface area contributed by atoms with Gasteiger partial charge in [-0.15, -0.1) is 0 Å². The smallest absolute Gasteiger partial charge is 0.344 e. The van der Waals surface area contributed by atoms with E-state index in [0.717, 1.165) is 11.8 Å². The van der Waals surface area contributed by atoms with Crippen LogP contribution in [0.4, 0.5) is 5.69 Å². The first-order chi connectivity index (χ1) is 16.6. The van der Waals surface area contributed by atoms with E-state index in [0.29, 0.717) is 5.69 Å². The molecule has 0 saturated heterocycles. The highest BCUT2D eigenvalue weighted by atomic mass is 35.5. The summed E-state index contributed by atoms with van der Waals surface area (Å²) in [5.74, 6) is -1.06. The summed E-state index contributed by atoms with van der Waals surface area (Å²) in [6.07, 6.45) is 1.05. The predicted molar refractivity (Wildman–Crippen MR) is 130 cm³/mol. The number of halogens is 1. The summed E-state index contributed by atoms with van der Waals surface area (Å²) < 4.78 is 35.3. The van der Waals surface area contributed by atoms with E-state index in [1.165, 1.54) is 28.0 Å². The van der Waals surface area contributed by atoms with Gasteiger partial charge in [-0.25, -0.2) is 17.9 Å². The molecule has 0 bridgehead atoms. The number of carbonyl (C=O) groups is 3. The zero-order valence-electron chi connectivity index (χ0n) is 19.3. The second-order valence-corrected chi connectivity index (χ2v) is 9.98. The Morgan fingerprint density at radius 1 is 1.14 bits per heavy atom. The number of para-hydroxylation sites is 1. The number of anilines is 1. The topological polar surface area (TPSA) is 122 Å². The fraction of sp³-hybridized carbons (Fsp3) is 0.348. The lowest BCUT2D eigenvalue weighted by Crippen LogP contribution is -2.42. The fourth-order valence-electron chi connectivity index (χ4n) is 3.52. The van der Waals surface area contributed by atoms with Crippen LogP contribution in [0, 0.1) is 0 Å². The number of carbonyl (C=O) groups excluding carboxylic acids is 3. The van der Waals surface area contributed by atoms with Gasteiger partial charge >= 0.3 is 5.97 Å². The minimum absolute atomic E-state index is 0.0553. The highest BCUT2D eigenvalue weighted by Crippen LogP contribution is 2.30. The normalized spacial score (nSPS) is 13.7. The number of ether oxygens (including phenoxy) is 2. The van der Waals surface area contributed by atoms with Crippen LogP contribution in [0.15, 0.2) is 42.5 Å². The summed E-state index contributed by atoms with van der Waals surface area (Å²) in [6.45, 7) is 1.81. The van der Waals surface area contributed by atoms with Crippen molar-refractivity contribution in [3.05, 3.63) is 58.6 Å². The van der Waals surface area contributed by atoms with Gasteiger partial charge in [-0.05, 0) is 36.8 Å². The maximum Gasteiger partial charge on any atom is 0.344 e. The van der Waals surface area contributed by atoms with Crippen molar-refractivity contribution in [2.24, 2.45) is 0 Å². The van der Waals surface area contributed by atoms with E-state index >= 15 is 0 Å². The molecule has 2 aromatic carbocycles. The van der Waals surface area contributed by atoms with Crippen molar-refractivity contribution in [1.82, 2.24) is 9.62 Å². The lowest BCUT2D eigenvalue weighted by Gasteiger charge is -2.23. The second kappa shape index (κ2) is 11.5. The number of sulfonamides is 1. The quantitative estimate of drug-likeness (QED) is 0.497. The van der Waals surface area contributed by atoms with Crippen molar-refractivity contribution in [2.45, 2.75) is 13.5 Å². The van der Waals surface area contributed by atoms with Crippen molar-refractivity contribution in [2.75, 3.05) is 44.0 Å². The molecule has 0 fully saturated rings. The van der Waals surface area contributed by atoms with E-state index in [9.17, 15) is 22.8 Å². The molecular formula is C23H26ClN3O7S. The molecule has 12 heteroatoms. The van der Waals surface area contributed by atoms with Gasteiger partial charge in [-0.1, -0.05) is 29.8 Å². The lowest BCUT2D eigenvalue weighted by molar-refractivity contribution is -0.145. The summed E-state index contributed by atoms with van der Waals surface area (Å²) in [6, 6.07) is 11.5. The average Bonchev–Trinajstić information content (AvgIpc) is 2.93. The highest BCUT2D eigenvalue weighted by Gasteiger charge is 2.30. The number of esters is 1. The Labute approximate surface area is 208 Å². The third kappa shape index (κ3) is 7.17. The molecule has 0 spiro atoms. The van der Waals surface area contributed by atoms with Crippen LogP contribution >= 0.6 is 11.6 Å². The van der Waals surface area contributed by atoms with Gasteiger partial charge < -0.3 is 14.4 Å². The molecule has 1 N–H and O–H groups in total. The van der Waals surface area contributed by atoms with Crippen LogP contribution in [0.1, 0.15) is 22.8 Å². The molecule has 0 aliphatic carbocycles. The number of nitrogens with one attached hydrogen (secondary N) is 1. The van der Waals surface area contributed by atoms with Gasteiger partial charge in [0.15, 0.2) is 6.61 Å². The van der Waals surface area contributed by atoms with E-state index < -0.39 is 21.9 Å². The molecule has 0 aromatic heterocycles. The first kappa shape index (κ1) is 26.5. The van der Waals surface area contributed by atoms with Crippen LogP contribution in [0.5, 0.6) is 5.75 Å². The molecular weight excluding hydrogens is 498 g/mol. The zero-order chi connectivity index (χ0) is 25.6. The first-order valence-electron chi connectivity index (χ1n) is 10.8. The van der Waals surface area contributed by atoms with Gasteiger partial charge in [0, 0.05) is 25.3 Å². The Morgan fingerprint density at radius 3 is 2.57 bits per heavy atom. The number of fused-ring (bicyclic) bond motifs is 1. The predicted octanol–water partition coefficient (Wildman–Crippen LogP) is 1.82. The molecule has 0 saturated carbocycles. The minimum Gasteiger partial charge on any atom is -0.482 e. The maximum atomic E-state index is 13.5. The van der Waals surface area contributed by atoms with E-state index in [-0.39, 0.29) is 61.6 Å². The minimum atomic E-state index is -3.40. The average molecular weight is 524 g/mol. The van der Waals surface area contributed by atoms with Crippen LogP contribution in [-0.2, 0) is 30.9 Å². The summed E-state index contributed by atoms with van der Waals surface area (Å²) >= 11 is 6.36. The summed E-state index contributed by atoms with van der Waals surface area (Å²) in [5, 5.41) is 0.0970. The third-order valence-electron chi connectivity index (χ3n) is 5.11. The summed E-state index contributed by atoms with van der Waals surface area (Å²) in [5.41, 5.74) is 1.45. The van der Waals surface area contributed by atoms with Crippen molar-refractivity contribution in [1.29, 1.82) is 0 Å². The van der Waals surface area contributed by atoms with Crippen LogP contribution in [0.2, 0.25) is 5.02 Å². The number of hydrogen-bond acceptors (Lipinski definition) is 7. The number of rotatable bonds is 9. The maximum absolute atomic E-state index is 13.5. The summed E-state index contributed by atoms with van der Waals surface area (Å²) in [4.78, 5) is 40.8. The van der Waals surface area contributed by atoms with Gasteiger partial charge in [0.1, 0.15) is 12.3 Å². The lowest BCUT2D eigenvalue weighted by atomic mass is 10.1. The highest BCUT2D eigenvalue weighted by molar-refractivity contribution is 7.88. The standard InChI is InChI=1S/C23H26ClN3O7S/c1-3-33-22(29)15-34-17-8-9-18(19(24)12-17)23(30)27-14-21(28)26(11-10-25-35(2,31)32)13-16-6-4-5-7-20(16)27/h4-9,12,25H,3,10-11,13-15H2,1-2H3. The van der Waals surface area contributed by atoms with Gasteiger partial charge in [0.2, 0.25) is 15.9 Å². The van der Waals surface area contributed by atoms with E-state index in [4.69, 9.17) is 21.1 Å². The molecule has 0 radical (unpaired) electrons. The zero-order valence-corrected chi connectivity index (χ0v) is 20.9. The molecule has 1 heterocycles. The molecule has 0 unspecified atom stereocenters. The van der Waals surface area contributed by atoms with Crippen LogP contribution in [0.25, 0.3) is 0 Å². The van der Waals surface area contributed by atoms with Crippen LogP contribution in [0.3, 0.4) is 0 Å². The van der Waals surface area contributed by atoms with E-state index in [1.54, 1.807) is 31.2 Å². The Hall–Kier alpha value is -3.15. The molecule has 3 rings (SSSR count). The van der Waals surface area contributed by atoms with Crippen molar-refractivity contribution in [3.63, 3.8) is 0 Å². The van der Waals surface area contributed by atoms with Crippen LogP contribution in [-0.4, -0.2) is 70.2 Å². The van der Waals surface area contributed by atoms with E-state index in [1.807, 2.05) is 0 Å². The van der Waals surface area contributed by atoms with Gasteiger partial charge in [0.25, 0.3) is 5.91 Å². The van der Waals surface area contributed by atoms with Gasteiger partial charge in [0.05, 0.1) is 23.4 Å². The van der Waals surface area contributed by atoms with Crippen molar-refractivity contribution >= 4 is 45.1 Å². The monoisotopic (exact) mass is 523 g/mol. The molecule has 10 nitrogen and oxygen atoms in total. The third-order valence-corrected chi connectivity index (χ3v) is 6.16. The Bertz CT molecular complexity index is 1220. The molecule has 2 aromatic rings. The van der Waals surface area contributed by atoms with Crippen molar-refractivity contribution in [3.8, 4) is 5.75 Å². The Kier molecular flexibility index (Phi) is 8.71. The van der Waals surface area contributed by atoms with Gasteiger partial charge in [-0.3, -0.25) is 14.5 Å². The molecule has 2 amide bonds. The largest absolute Gasteiger partial charge is 0.482 e. The molecule has 188 valence electrons. The number of hydrogen-bond donors (Lipinski definition) is 1. The second-order valence-electron chi connectivity index (χ2n) is 7.74. The van der Waals surface area contributed by atoms with Gasteiger partial charge in [-0.2, -0.15) is 0 Å². The van der Waals surface area contributed by atoms with E-state index in [2.05, 4.69) is 4.72 Å².